The van der Waals surface area contributed by atoms with Crippen molar-refractivity contribution < 1.29 is 28.2 Å². The fraction of sp³-hybridized carbons (Fsp3) is 0.695. The molecule has 7 fully saturated rings. The Morgan fingerprint density at radius 1 is 0.809 bits per heavy atom. The molecule has 2 heterocycles. The largest absolute Gasteiger partial charge is 0.462 e. The molecule has 2 aromatic carbocycles. The monoisotopic (exact) mass is 930 g/mol. The zero-order valence-corrected chi connectivity index (χ0v) is 42.7. The molecule has 1 amide bonds. The highest BCUT2D eigenvalue weighted by molar-refractivity contribution is 5.85. The van der Waals surface area contributed by atoms with Crippen LogP contribution in [0.15, 0.2) is 60.8 Å². The minimum absolute atomic E-state index is 0.0740. The molecule has 1 N–H and O–H groups in total. The number of H-pyrrole nitrogens is 1. The Morgan fingerprint density at radius 2 is 1.54 bits per heavy atom. The Balaban J connectivity index is 0.850. The zero-order chi connectivity index (χ0) is 48.2. The lowest BCUT2D eigenvalue weighted by Gasteiger charge is -2.73. The summed E-state index contributed by atoms with van der Waals surface area (Å²) in [5.41, 5.74) is 2.07. The van der Waals surface area contributed by atoms with E-state index in [1.165, 1.54) is 31.4 Å². The third-order valence-electron chi connectivity index (χ3n) is 22.2. The number of likely N-dealkylation sites (tertiary alicyclic amines) is 1. The molecule has 0 spiro atoms. The summed E-state index contributed by atoms with van der Waals surface area (Å²) < 4.78 is 26.3. The van der Waals surface area contributed by atoms with Crippen LogP contribution < -0.4 is 0 Å². The number of esters is 2. The standard InChI is InChI=1S/C59H80FN3O5/c1-10-55(6)42(51(64)67-35-37-15-12-11-13-16-37)33-43(55)52(65)68-48-26-27-56(7)46(54(48,4)5)25-28-58(9)47(56)23-22-41-49-40(36(2)3)24-29-59(49,31-30-57(41,58)8)53(66)63-32-14-17-45(63)50-61-34-44(62-50)38-18-20-39(60)21-19-38/h11-13,15-16,18-21,34,36,40-43,45-49H,10,14,17,22-33,35H2,1-9H3,(H,61,62). The Labute approximate surface area is 406 Å². The van der Waals surface area contributed by atoms with Gasteiger partial charge in [-0.3, -0.25) is 14.4 Å². The highest BCUT2D eigenvalue weighted by Gasteiger charge is 2.73. The van der Waals surface area contributed by atoms with Crippen molar-refractivity contribution in [2.45, 2.75) is 171 Å². The van der Waals surface area contributed by atoms with E-state index in [9.17, 15) is 14.0 Å². The first kappa shape index (κ1) is 47.7. The predicted molar refractivity (Wildman–Crippen MR) is 263 cm³/mol. The molecule has 0 radical (unpaired) electrons. The topological polar surface area (TPSA) is 102 Å². The molecule has 8 nitrogen and oxygen atoms in total. The summed E-state index contributed by atoms with van der Waals surface area (Å²) in [5.74, 6) is 2.88. The predicted octanol–water partition coefficient (Wildman–Crippen LogP) is 13.3. The molecule has 68 heavy (non-hydrogen) atoms. The normalized spacial score (nSPS) is 40.3. The van der Waals surface area contributed by atoms with E-state index in [1.54, 1.807) is 12.1 Å². The van der Waals surface area contributed by atoms with Gasteiger partial charge < -0.3 is 19.4 Å². The number of ether oxygens (including phenoxy) is 2. The van der Waals surface area contributed by atoms with Crippen LogP contribution in [-0.4, -0.2) is 45.4 Å². The number of aromatic amines is 1. The zero-order valence-electron chi connectivity index (χ0n) is 42.7. The number of fused-ring (bicyclic) bond motifs is 7. The first-order chi connectivity index (χ1) is 32.3. The van der Waals surface area contributed by atoms with Crippen molar-refractivity contribution in [2.24, 2.45) is 79.8 Å². The molecule has 10 rings (SSSR count). The van der Waals surface area contributed by atoms with Crippen molar-refractivity contribution in [2.75, 3.05) is 6.54 Å². The fourth-order valence-electron chi connectivity index (χ4n) is 17.9. The molecule has 7 aliphatic rings. The van der Waals surface area contributed by atoms with E-state index in [-0.39, 0.29) is 75.4 Å². The number of benzene rings is 2. The van der Waals surface area contributed by atoms with Gasteiger partial charge in [0.2, 0.25) is 5.91 Å². The number of nitrogens with zero attached hydrogens (tertiary/aromatic N) is 2. The molecule has 1 aromatic heterocycles. The molecule has 3 aromatic rings. The van der Waals surface area contributed by atoms with Crippen molar-refractivity contribution in [3.8, 4) is 11.3 Å². The van der Waals surface area contributed by atoms with E-state index in [4.69, 9.17) is 14.5 Å². The van der Waals surface area contributed by atoms with E-state index >= 15 is 4.79 Å². The van der Waals surface area contributed by atoms with Gasteiger partial charge in [0.25, 0.3) is 0 Å². The van der Waals surface area contributed by atoms with Crippen molar-refractivity contribution in [3.05, 3.63) is 78.0 Å². The minimum Gasteiger partial charge on any atom is -0.462 e. The number of rotatable bonds is 10. The van der Waals surface area contributed by atoms with Crippen LogP contribution in [0.4, 0.5) is 4.39 Å². The summed E-state index contributed by atoms with van der Waals surface area (Å²) >= 11 is 0. The van der Waals surface area contributed by atoms with Gasteiger partial charge in [0.1, 0.15) is 24.4 Å². The van der Waals surface area contributed by atoms with Crippen LogP contribution in [0, 0.1) is 85.7 Å². The van der Waals surface area contributed by atoms with E-state index in [2.05, 4.69) is 72.2 Å². The summed E-state index contributed by atoms with van der Waals surface area (Å²) in [4.78, 5) is 54.0. The van der Waals surface area contributed by atoms with E-state index in [1.807, 2.05) is 36.5 Å². The lowest BCUT2D eigenvalue weighted by atomic mass is 9.32. The van der Waals surface area contributed by atoms with Crippen LogP contribution in [0.3, 0.4) is 0 Å². The van der Waals surface area contributed by atoms with E-state index in [0.717, 1.165) is 87.0 Å². The quantitative estimate of drug-likeness (QED) is 0.203. The van der Waals surface area contributed by atoms with Gasteiger partial charge in [0.05, 0.1) is 35.2 Å². The van der Waals surface area contributed by atoms with Gasteiger partial charge in [0, 0.05) is 12.0 Å². The molecule has 0 bridgehead atoms. The molecule has 1 saturated heterocycles. The number of aromatic nitrogens is 2. The SMILES string of the molecule is CCC1(C)C(C(=O)OCc2ccccc2)CC1C(=O)OC1CCC2(C)C(CCC3(C)C2CCC2C4C(C(C)C)CCC4(C(=O)N4CCCC4c4ncc(-c5ccc(F)cc5)[nH]4)CCC23C)C1(C)C. The summed E-state index contributed by atoms with van der Waals surface area (Å²) in [6, 6.07) is 16.2. The van der Waals surface area contributed by atoms with Crippen molar-refractivity contribution >= 4 is 17.8 Å². The van der Waals surface area contributed by atoms with Crippen molar-refractivity contribution in [1.29, 1.82) is 0 Å². The summed E-state index contributed by atoms with van der Waals surface area (Å²) in [6.45, 7) is 22.7. The van der Waals surface area contributed by atoms with Gasteiger partial charge >= 0.3 is 11.9 Å². The van der Waals surface area contributed by atoms with Gasteiger partial charge in [-0.1, -0.05) is 92.6 Å². The maximum absolute atomic E-state index is 15.7. The number of amides is 1. The molecule has 6 saturated carbocycles. The molecular weight excluding hydrogens is 850 g/mol. The number of hydrogen-bond donors (Lipinski definition) is 1. The Kier molecular flexibility index (Phi) is 12.0. The smallest absolute Gasteiger partial charge is 0.309 e. The molecule has 1 aliphatic heterocycles. The van der Waals surface area contributed by atoms with Crippen LogP contribution in [0.1, 0.15) is 170 Å². The van der Waals surface area contributed by atoms with Crippen LogP contribution in [0.25, 0.3) is 11.3 Å². The highest BCUT2D eigenvalue weighted by atomic mass is 19.1. The Morgan fingerprint density at radius 3 is 2.26 bits per heavy atom. The third kappa shape index (κ3) is 7.12. The van der Waals surface area contributed by atoms with E-state index in [0.29, 0.717) is 54.3 Å². The second-order valence-corrected chi connectivity index (χ2v) is 25.2. The molecule has 9 heteroatoms. The Hall–Kier alpha value is -4.01. The maximum atomic E-state index is 15.7. The Bertz CT molecular complexity index is 2380. The maximum Gasteiger partial charge on any atom is 0.309 e. The number of carbonyl (C=O) groups is 3. The molecule has 6 aliphatic carbocycles. The fourth-order valence-corrected chi connectivity index (χ4v) is 17.9. The third-order valence-corrected chi connectivity index (χ3v) is 22.2. The second kappa shape index (κ2) is 17.1. The first-order valence-electron chi connectivity index (χ1n) is 26.9. The molecule has 368 valence electrons. The van der Waals surface area contributed by atoms with Gasteiger partial charge in [-0.2, -0.15) is 0 Å². The average molecular weight is 930 g/mol. The number of nitrogens with one attached hydrogen (secondary N) is 1. The lowest BCUT2D eigenvalue weighted by Crippen LogP contribution is -2.67. The highest BCUT2D eigenvalue weighted by Crippen LogP contribution is 2.78. The van der Waals surface area contributed by atoms with Crippen LogP contribution in [-0.2, 0) is 30.5 Å². The molecular formula is C59H80FN3O5. The van der Waals surface area contributed by atoms with E-state index < -0.39 is 5.41 Å². The number of halogens is 1. The van der Waals surface area contributed by atoms with Crippen LogP contribution in [0.2, 0.25) is 0 Å². The van der Waals surface area contributed by atoms with Gasteiger partial charge in [-0.25, -0.2) is 9.37 Å². The number of hydrogen-bond acceptors (Lipinski definition) is 6. The molecule has 14 unspecified atom stereocenters. The number of imidazole rings is 1. The summed E-state index contributed by atoms with van der Waals surface area (Å²) in [7, 11) is 0. The van der Waals surface area contributed by atoms with Crippen molar-refractivity contribution in [3.63, 3.8) is 0 Å². The van der Waals surface area contributed by atoms with Crippen LogP contribution >= 0.6 is 0 Å². The van der Waals surface area contributed by atoms with Gasteiger partial charge in [-0.05, 0) is 182 Å². The average Bonchev–Trinajstić information content (AvgIpc) is 4.09. The summed E-state index contributed by atoms with van der Waals surface area (Å²) in [6.07, 6.45) is 15.5. The van der Waals surface area contributed by atoms with Crippen LogP contribution in [0.5, 0.6) is 0 Å². The molecule has 14 atom stereocenters. The lowest BCUT2D eigenvalue weighted by molar-refractivity contribution is -0.253. The van der Waals surface area contributed by atoms with Gasteiger partial charge in [0.15, 0.2) is 0 Å². The van der Waals surface area contributed by atoms with Crippen molar-refractivity contribution in [1.82, 2.24) is 14.9 Å². The first-order valence-corrected chi connectivity index (χ1v) is 26.9. The second-order valence-electron chi connectivity index (χ2n) is 25.2. The minimum atomic E-state index is -0.485. The number of carbonyl (C=O) groups excluding carboxylic acids is 3. The van der Waals surface area contributed by atoms with Gasteiger partial charge in [-0.15, -0.1) is 0 Å². The summed E-state index contributed by atoms with van der Waals surface area (Å²) in [5, 5.41) is 0.